The van der Waals surface area contributed by atoms with Crippen LogP contribution >= 0.6 is 0 Å². The van der Waals surface area contributed by atoms with E-state index in [4.69, 9.17) is 4.74 Å². The monoisotopic (exact) mass is 204 g/mol. The second-order valence-electron chi connectivity index (χ2n) is 3.56. The van der Waals surface area contributed by atoms with E-state index in [9.17, 15) is 4.79 Å². The van der Waals surface area contributed by atoms with Gasteiger partial charge in [0.05, 0.1) is 0 Å². The van der Waals surface area contributed by atoms with E-state index in [1.165, 1.54) is 0 Å². The number of para-hydroxylation sites is 1. The second-order valence-corrected chi connectivity index (χ2v) is 3.56. The van der Waals surface area contributed by atoms with Gasteiger partial charge < -0.3 is 9.53 Å². The zero-order valence-corrected chi connectivity index (χ0v) is 9.03. The molecule has 1 aromatic carbocycles. The molecule has 0 radical (unpaired) electrons. The minimum atomic E-state index is 0.526. The fourth-order valence-electron chi connectivity index (χ4n) is 1.27. The molecule has 80 valence electrons. The van der Waals surface area contributed by atoms with Crippen molar-refractivity contribution < 1.29 is 9.53 Å². The minimum absolute atomic E-state index is 0.526. The predicted octanol–water partition coefficient (Wildman–Crippen LogP) is 2.77. The van der Waals surface area contributed by atoms with Crippen LogP contribution in [0.25, 0.3) is 0 Å². The first kappa shape index (κ1) is 11.5. The van der Waals surface area contributed by atoms with Gasteiger partial charge in [-0.1, -0.05) is 24.8 Å². The molecule has 2 nitrogen and oxygen atoms in total. The molecular formula is C13H16O2. The van der Waals surface area contributed by atoms with Crippen LogP contribution in [0.3, 0.4) is 0 Å². The number of rotatable bonds is 6. The van der Waals surface area contributed by atoms with E-state index in [-0.39, 0.29) is 0 Å². The summed E-state index contributed by atoms with van der Waals surface area (Å²) in [5.74, 6) is 0.849. The first-order valence-corrected chi connectivity index (χ1v) is 5.02. The summed E-state index contributed by atoms with van der Waals surface area (Å²) in [4.78, 5) is 10.3. The van der Waals surface area contributed by atoms with E-state index in [2.05, 4.69) is 6.58 Å². The molecule has 0 amide bonds. The average molecular weight is 204 g/mol. The summed E-state index contributed by atoms with van der Waals surface area (Å²) >= 11 is 0. The van der Waals surface area contributed by atoms with Gasteiger partial charge in [0.1, 0.15) is 18.6 Å². The number of aryl methyl sites for hydroxylation is 1. The fourth-order valence-corrected chi connectivity index (χ4v) is 1.27. The van der Waals surface area contributed by atoms with Gasteiger partial charge in [-0.2, -0.15) is 0 Å². The van der Waals surface area contributed by atoms with E-state index >= 15 is 0 Å². The summed E-state index contributed by atoms with van der Waals surface area (Å²) < 4.78 is 5.58. The van der Waals surface area contributed by atoms with E-state index in [1.54, 1.807) is 0 Å². The van der Waals surface area contributed by atoms with Crippen LogP contribution < -0.4 is 4.74 Å². The molecular weight excluding hydrogens is 188 g/mol. The third-order valence-electron chi connectivity index (χ3n) is 1.98. The SMILES string of the molecule is C=C(C)COc1ccccc1CCC=O. The van der Waals surface area contributed by atoms with Crippen LogP contribution in [0.15, 0.2) is 36.4 Å². The summed E-state index contributed by atoms with van der Waals surface area (Å²) in [6.07, 6.45) is 2.19. The van der Waals surface area contributed by atoms with Crippen molar-refractivity contribution in [2.24, 2.45) is 0 Å². The number of aldehydes is 1. The Kier molecular flexibility index (Phi) is 4.61. The maximum absolute atomic E-state index is 10.3. The molecule has 0 aliphatic rings. The van der Waals surface area contributed by atoms with Gasteiger partial charge in [0, 0.05) is 6.42 Å². The predicted molar refractivity (Wildman–Crippen MR) is 61.1 cm³/mol. The van der Waals surface area contributed by atoms with Crippen LogP contribution in [-0.2, 0) is 11.2 Å². The Bertz CT molecular complexity index is 342. The third-order valence-corrected chi connectivity index (χ3v) is 1.98. The lowest BCUT2D eigenvalue weighted by atomic mass is 10.1. The zero-order valence-electron chi connectivity index (χ0n) is 9.03. The summed E-state index contributed by atoms with van der Waals surface area (Å²) in [5, 5.41) is 0. The first-order chi connectivity index (χ1) is 7.24. The number of hydrogen-bond acceptors (Lipinski definition) is 2. The molecule has 0 saturated heterocycles. The van der Waals surface area contributed by atoms with Gasteiger partial charge in [-0.3, -0.25) is 0 Å². The Balaban J connectivity index is 2.67. The summed E-state index contributed by atoms with van der Waals surface area (Å²) in [6.45, 7) is 6.23. The molecule has 0 N–H and O–H groups in total. The summed E-state index contributed by atoms with van der Waals surface area (Å²) in [6, 6.07) is 7.78. The topological polar surface area (TPSA) is 26.3 Å². The largest absolute Gasteiger partial charge is 0.489 e. The zero-order chi connectivity index (χ0) is 11.1. The first-order valence-electron chi connectivity index (χ1n) is 5.02. The number of ether oxygens (including phenoxy) is 1. The number of carbonyl (C=O) groups excluding carboxylic acids is 1. The van der Waals surface area contributed by atoms with Gasteiger partial charge in [-0.25, -0.2) is 0 Å². The van der Waals surface area contributed by atoms with Crippen molar-refractivity contribution in [2.75, 3.05) is 6.61 Å². The average Bonchev–Trinajstić information content (AvgIpc) is 2.24. The van der Waals surface area contributed by atoms with Crippen LogP contribution in [0.4, 0.5) is 0 Å². The highest BCUT2D eigenvalue weighted by molar-refractivity contribution is 5.50. The van der Waals surface area contributed by atoms with Gasteiger partial charge in [-0.05, 0) is 30.5 Å². The fraction of sp³-hybridized carbons (Fsp3) is 0.308. The molecule has 0 unspecified atom stereocenters. The molecule has 2 heteroatoms. The van der Waals surface area contributed by atoms with Crippen LogP contribution in [0, 0.1) is 0 Å². The van der Waals surface area contributed by atoms with E-state index in [0.29, 0.717) is 13.0 Å². The van der Waals surface area contributed by atoms with Gasteiger partial charge in [0.15, 0.2) is 0 Å². The smallest absolute Gasteiger partial charge is 0.122 e. The normalized spacial score (nSPS) is 9.67. The number of benzene rings is 1. The lowest BCUT2D eigenvalue weighted by molar-refractivity contribution is -0.107. The van der Waals surface area contributed by atoms with Crippen molar-refractivity contribution in [1.29, 1.82) is 0 Å². The lowest BCUT2D eigenvalue weighted by Gasteiger charge is -2.10. The molecule has 0 fully saturated rings. The van der Waals surface area contributed by atoms with Crippen LogP contribution in [0.5, 0.6) is 5.75 Å². The second kappa shape index (κ2) is 6.02. The highest BCUT2D eigenvalue weighted by Gasteiger charge is 2.02. The molecule has 0 atom stereocenters. The Labute approximate surface area is 90.6 Å². The standard InChI is InChI=1S/C13H16O2/c1-11(2)10-15-13-8-4-3-6-12(13)7-5-9-14/h3-4,6,8-9H,1,5,7,10H2,2H3. The van der Waals surface area contributed by atoms with E-state index in [1.807, 2.05) is 31.2 Å². The van der Waals surface area contributed by atoms with Crippen LogP contribution in [0.2, 0.25) is 0 Å². The van der Waals surface area contributed by atoms with Gasteiger partial charge in [0.2, 0.25) is 0 Å². The molecule has 0 spiro atoms. The van der Waals surface area contributed by atoms with E-state index < -0.39 is 0 Å². The van der Waals surface area contributed by atoms with Crippen LogP contribution in [-0.4, -0.2) is 12.9 Å². The minimum Gasteiger partial charge on any atom is -0.489 e. The Morgan fingerprint density at radius 2 is 2.20 bits per heavy atom. The maximum Gasteiger partial charge on any atom is 0.122 e. The molecule has 0 heterocycles. The molecule has 0 aliphatic carbocycles. The van der Waals surface area contributed by atoms with E-state index in [0.717, 1.165) is 29.6 Å². The molecule has 1 rings (SSSR count). The quantitative estimate of drug-likeness (QED) is 0.526. The Morgan fingerprint density at radius 1 is 1.47 bits per heavy atom. The van der Waals surface area contributed by atoms with Crippen molar-refractivity contribution in [3.05, 3.63) is 42.0 Å². The molecule has 0 saturated carbocycles. The highest BCUT2D eigenvalue weighted by atomic mass is 16.5. The van der Waals surface area contributed by atoms with Crippen LogP contribution in [0.1, 0.15) is 18.9 Å². The highest BCUT2D eigenvalue weighted by Crippen LogP contribution is 2.19. The lowest BCUT2D eigenvalue weighted by Crippen LogP contribution is -2.00. The van der Waals surface area contributed by atoms with Crippen molar-refractivity contribution >= 4 is 6.29 Å². The molecule has 0 aromatic heterocycles. The molecule has 0 aliphatic heterocycles. The number of hydrogen-bond donors (Lipinski definition) is 0. The molecule has 1 aromatic rings. The van der Waals surface area contributed by atoms with Crippen molar-refractivity contribution in [2.45, 2.75) is 19.8 Å². The Hall–Kier alpha value is -1.57. The van der Waals surface area contributed by atoms with Crippen molar-refractivity contribution in [1.82, 2.24) is 0 Å². The maximum atomic E-state index is 10.3. The third kappa shape index (κ3) is 3.98. The number of carbonyl (C=O) groups is 1. The van der Waals surface area contributed by atoms with Gasteiger partial charge in [0.25, 0.3) is 0 Å². The van der Waals surface area contributed by atoms with Gasteiger partial charge in [-0.15, -0.1) is 0 Å². The van der Waals surface area contributed by atoms with Crippen molar-refractivity contribution in [3.8, 4) is 5.75 Å². The molecule has 15 heavy (non-hydrogen) atoms. The summed E-state index contributed by atoms with van der Waals surface area (Å²) in [7, 11) is 0. The molecule has 0 bridgehead atoms. The summed E-state index contributed by atoms with van der Waals surface area (Å²) in [5.41, 5.74) is 2.06. The van der Waals surface area contributed by atoms with Crippen molar-refractivity contribution in [3.63, 3.8) is 0 Å². The van der Waals surface area contributed by atoms with Gasteiger partial charge >= 0.3 is 0 Å². The Morgan fingerprint density at radius 3 is 2.87 bits per heavy atom.